The van der Waals surface area contributed by atoms with Crippen LogP contribution in [0.3, 0.4) is 0 Å². The van der Waals surface area contributed by atoms with Crippen molar-refractivity contribution in [3.63, 3.8) is 0 Å². The first-order chi connectivity index (χ1) is 7.53. The van der Waals surface area contributed by atoms with Gasteiger partial charge in [0, 0.05) is 0 Å². The third kappa shape index (κ3) is 2.41. The first kappa shape index (κ1) is 12.3. The maximum Gasteiger partial charge on any atom is 0.0995 e. The molecule has 0 radical (unpaired) electrons. The molecule has 0 N–H and O–H groups in total. The summed E-state index contributed by atoms with van der Waals surface area (Å²) >= 11 is 0. The zero-order chi connectivity index (χ0) is 12.2. The van der Waals surface area contributed by atoms with Crippen molar-refractivity contribution in [2.75, 3.05) is 0 Å². The smallest absolute Gasteiger partial charge is 0.0995 e. The van der Waals surface area contributed by atoms with Crippen LogP contribution in [0.5, 0.6) is 0 Å². The highest BCUT2D eigenvalue weighted by molar-refractivity contribution is 5.45. The fourth-order valence-electron chi connectivity index (χ4n) is 2.09. The van der Waals surface area contributed by atoms with Gasteiger partial charge in [0.15, 0.2) is 0 Å². The van der Waals surface area contributed by atoms with Gasteiger partial charge in [0.2, 0.25) is 0 Å². The summed E-state index contributed by atoms with van der Waals surface area (Å²) < 4.78 is 0. The van der Waals surface area contributed by atoms with Gasteiger partial charge in [-0.05, 0) is 30.9 Å². The Balaban J connectivity index is 3.25. The highest BCUT2D eigenvalue weighted by Crippen LogP contribution is 2.32. The molecule has 0 aliphatic carbocycles. The average molecular weight is 212 g/mol. The van der Waals surface area contributed by atoms with Crippen molar-refractivity contribution in [1.29, 1.82) is 10.5 Å². The van der Waals surface area contributed by atoms with Gasteiger partial charge < -0.3 is 0 Å². The van der Waals surface area contributed by atoms with Gasteiger partial charge in [-0.2, -0.15) is 10.5 Å². The maximum atomic E-state index is 9.35. The number of hydrogen-bond acceptors (Lipinski definition) is 2. The lowest BCUT2D eigenvalue weighted by Crippen LogP contribution is -2.23. The van der Waals surface area contributed by atoms with E-state index in [0.717, 1.165) is 12.0 Å². The maximum absolute atomic E-state index is 9.35. The second-order valence-corrected chi connectivity index (χ2v) is 4.70. The normalized spacial score (nSPS) is 13.9. The van der Waals surface area contributed by atoms with Crippen molar-refractivity contribution < 1.29 is 0 Å². The summed E-state index contributed by atoms with van der Waals surface area (Å²) in [5, 5.41) is 18.4. The molecule has 2 nitrogen and oxygen atoms in total. The lowest BCUT2D eigenvalue weighted by molar-refractivity contribution is 0.448. The van der Waals surface area contributed by atoms with E-state index >= 15 is 0 Å². The van der Waals surface area contributed by atoms with E-state index in [-0.39, 0.29) is 0 Å². The SMILES string of the molecule is CC(C)CC(C)(C#N)c1ccccc1C#N. The predicted molar refractivity (Wildman–Crippen MR) is 63.6 cm³/mol. The van der Waals surface area contributed by atoms with Crippen LogP contribution in [-0.2, 0) is 5.41 Å². The lowest BCUT2D eigenvalue weighted by Gasteiger charge is -2.25. The van der Waals surface area contributed by atoms with Crippen LogP contribution in [0.4, 0.5) is 0 Å². The topological polar surface area (TPSA) is 47.6 Å². The highest BCUT2D eigenvalue weighted by atomic mass is 14.4. The van der Waals surface area contributed by atoms with E-state index in [2.05, 4.69) is 26.0 Å². The Kier molecular flexibility index (Phi) is 3.69. The highest BCUT2D eigenvalue weighted by Gasteiger charge is 2.29. The minimum atomic E-state index is -0.569. The monoisotopic (exact) mass is 212 g/mol. The number of rotatable bonds is 3. The van der Waals surface area contributed by atoms with E-state index in [1.807, 2.05) is 25.1 Å². The Labute approximate surface area is 97.1 Å². The molecule has 1 unspecified atom stereocenters. The van der Waals surface area contributed by atoms with Gasteiger partial charge in [0.25, 0.3) is 0 Å². The van der Waals surface area contributed by atoms with Crippen LogP contribution in [0.25, 0.3) is 0 Å². The molecule has 0 bridgehead atoms. The molecular weight excluding hydrogens is 196 g/mol. The minimum Gasteiger partial charge on any atom is -0.197 e. The predicted octanol–water partition coefficient (Wildman–Crippen LogP) is 3.39. The van der Waals surface area contributed by atoms with Crippen LogP contribution in [-0.4, -0.2) is 0 Å². The third-order valence-electron chi connectivity index (χ3n) is 2.71. The molecule has 0 aromatic heterocycles. The van der Waals surface area contributed by atoms with Crippen molar-refractivity contribution in [1.82, 2.24) is 0 Å². The fraction of sp³-hybridized carbons (Fsp3) is 0.429. The van der Waals surface area contributed by atoms with Gasteiger partial charge in [-0.15, -0.1) is 0 Å². The quantitative estimate of drug-likeness (QED) is 0.771. The summed E-state index contributed by atoms with van der Waals surface area (Å²) in [6.45, 7) is 6.08. The van der Waals surface area contributed by atoms with Crippen molar-refractivity contribution >= 4 is 0 Å². The molecule has 0 spiro atoms. The van der Waals surface area contributed by atoms with Crippen LogP contribution in [0.2, 0.25) is 0 Å². The molecule has 2 heteroatoms. The molecule has 16 heavy (non-hydrogen) atoms. The summed E-state index contributed by atoms with van der Waals surface area (Å²) in [7, 11) is 0. The van der Waals surface area contributed by atoms with Crippen LogP contribution < -0.4 is 0 Å². The molecule has 0 amide bonds. The molecule has 1 aromatic carbocycles. The number of hydrogen-bond donors (Lipinski definition) is 0. The molecule has 0 fully saturated rings. The Morgan fingerprint density at radius 1 is 1.25 bits per heavy atom. The Bertz CT molecular complexity index is 449. The van der Waals surface area contributed by atoms with Crippen molar-refractivity contribution in [3.8, 4) is 12.1 Å². The first-order valence-electron chi connectivity index (χ1n) is 5.44. The first-order valence-corrected chi connectivity index (χ1v) is 5.44. The zero-order valence-corrected chi connectivity index (χ0v) is 9.99. The molecule has 0 heterocycles. The van der Waals surface area contributed by atoms with Gasteiger partial charge in [-0.25, -0.2) is 0 Å². The van der Waals surface area contributed by atoms with Gasteiger partial charge in [-0.1, -0.05) is 32.0 Å². The molecule has 1 aromatic rings. The average Bonchev–Trinajstić information content (AvgIpc) is 2.28. The second kappa shape index (κ2) is 4.81. The number of benzene rings is 1. The fourth-order valence-corrected chi connectivity index (χ4v) is 2.09. The molecule has 82 valence electrons. The lowest BCUT2D eigenvalue weighted by atomic mass is 9.75. The molecule has 0 aliphatic rings. The van der Waals surface area contributed by atoms with E-state index < -0.39 is 5.41 Å². The van der Waals surface area contributed by atoms with Gasteiger partial charge in [-0.3, -0.25) is 0 Å². The zero-order valence-electron chi connectivity index (χ0n) is 9.99. The summed E-state index contributed by atoms with van der Waals surface area (Å²) in [4.78, 5) is 0. The van der Waals surface area contributed by atoms with Gasteiger partial charge >= 0.3 is 0 Å². The molecule has 0 aliphatic heterocycles. The standard InChI is InChI=1S/C14H16N2/c1-11(2)8-14(3,10-16)13-7-5-4-6-12(13)9-15/h4-7,11H,8H2,1-3H3. The molecule has 1 atom stereocenters. The number of nitrogens with zero attached hydrogens (tertiary/aromatic N) is 2. The largest absolute Gasteiger partial charge is 0.197 e. The van der Waals surface area contributed by atoms with Crippen molar-refractivity contribution in [2.24, 2.45) is 5.92 Å². The van der Waals surface area contributed by atoms with Crippen molar-refractivity contribution in [2.45, 2.75) is 32.6 Å². The molecule has 0 saturated heterocycles. The van der Waals surface area contributed by atoms with Gasteiger partial charge in [0.05, 0.1) is 23.1 Å². The van der Waals surface area contributed by atoms with Crippen molar-refractivity contribution in [3.05, 3.63) is 35.4 Å². The van der Waals surface area contributed by atoms with Crippen LogP contribution in [0, 0.1) is 28.6 Å². The third-order valence-corrected chi connectivity index (χ3v) is 2.71. The van der Waals surface area contributed by atoms with Crippen LogP contribution >= 0.6 is 0 Å². The summed E-state index contributed by atoms with van der Waals surface area (Å²) in [5.41, 5.74) is 0.876. The van der Waals surface area contributed by atoms with E-state index in [9.17, 15) is 5.26 Å². The Morgan fingerprint density at radius 2 is 1.88 bits per heavy atom. The van der Waals surface area contributed by atoms with Crippen LogP contribution in [0.1, 0.15) is 38.3 Å². The Morgan fingerprint density at radius 3 is 2.38 bits per heavy atom. The summed E-state index contributed by atoms with van der Waals surface area (Å²) in [6.07, 6.45) is 0.766. The molecular formula is C14H16N2. The second-order valence-electron chi connectivity index (χ2n) is 4.70. The molecule has 0 saturated carbocycles. The molecule has 1 rings (SSSR count). The van der Waals surface area contributed by atoms with Crippen LogP contribution in [0.15, 0.2) is 24.3 Å². The number of nitriles is 2. The van der Waals surface area contributed by atoms with E-state index in [1.165, 1.54) is 0 Å². The summed E-state index contributed by atoms with van der Waals surface area (Å²) in [6, 6.07) is 11.9. The Hall–Kier alpha value is -1.80. The van der Waals surface area contributed by atoms with E-state index in [4.69, 9.17) is 5.26 Å². The minimum absolute atomic E-state index is 0.427. The van der Waals surface area contributed by atoms with E-state index in [1.54, 1.807) is 6.07 Å². The van der Waals surface area contributed by atoms with E-state index in [0.29, 0.717) is 11.5 Å². The summed E-state index contributed by atoms with van der Waals surface area (Å²) in [5.74, 6) is 0.427. The van der Waals surface area contributed by atoms with Gasteiger partial charge in [0.1, 0.15) is 0 Å².